The van der Waals surface area contributed by atoms with Gasteiger partial charge in [-0.15, -0.1) is 11.3 Å². The molecule has 2 N–H and O–H groups in total. The van der Waals surface area contributed by atoms with E-state index in [9.17, 15) is 9.59 Å². The van der Waals surface area contributed by atoms with Crippen molar-refractivity contribution in [3.63, 3.8) is 0 Å². The first-order chi connectivity index (χ1) is 13.7. The zero-order chi connectivity index (χ0) is 19.3. The Labute approximate surface area is 164 Å². The third-order valence-electron chi connectivity index (χ3n) is 3.89. The van der Waals surface area contributed by atoms with E-state index in [2.05, 4.69) is 20.7 Å². The minimum atomic E-state index is -0.266. The van der Waals surface area contributed by atoms with Crippen LogP contribution < -0.4 is 10.6 Å². The van der Waals surface area contributed by atoms with Gasteiger partial charge in [-0.25, -0.2) is 9.67 Å². The number of hydrogen-bond acceptors (Lipinski definition) is 5. The Balaban J connectivity index is 1.41. The molecule has 8 heteroatoms. The smallest absolute Gasteiger partial charge is 0.265 e. The van der Waals surface area contributed by atoms with E-state index < -0.39 is 0 Å². The summed E-state index contributed by atoms with van der Waals surface area (Å²) in [6.07, 6.45) is 3.05. The second-order valence-corrected chi connectivity index (χ2v) is 6.91. The standard InChI is InChI=1S/C20H15N5O2S/c26-19(23-14-4-2-1-3-5-14)17-10-11-18(28-17)20(27)24-15-6-8-16(9-7-15)25-13-21-12-22-25/h1-13H,(H,23,26)(H,24,27). The minimum absolute atomic E-state index is 0.243. The fourth-order valence-corrected chi connectivity index (χ4v) is 3.32. The summed E-state index contributed by atoms with van der Waals surface area (Å²) in [6.45, 7) is 0. The number of carbonyl (C=O) groups is 2. The number of carbonyl (C=O) groups excluding carboxylic acids is 2. The molecule has 4 aromatic rings. The third-order valence-corrected chi connectivity index (χ3v) is 4.98. The van der Waals surface area contributed by atoms with E-state index in [4.69, 9.17) is 0 Å². The van der Waals surface area contributed by atoms with Gasteiger partial charge < -0.3 is 10.6 Å². The van der Waals surface area contributed by atoms with Crippen LogP contribution in [0, 0.1) is 0 Å². The number of benzene rings is 2. The fourth-order valence-electron chi connectivity index (χ4n) is 2.53. The summed E-state index contributed by atoms with van der Waals surface area (Å²) in [5.41, 5.74) is 2.20. The number of amides is 2. The number of nitrogens with one attached hydrogen (secondary N) is 2. The lowest BCUT2D eigenvalue weighted by Crippen LogP contribution is -2.11. The zero-order valence-corrected chi connectivity index (χ0v) is 15.4. The molecule has 4 rings (SSSR count). The van der Waals surface area contributed by atoms with Crippen molar-refractivity contribution in [2.75, 3.05) is 10.6 Å². The number of aromatic nitrogens is 3. The first-order valence-electron chi connectivity index (χ1n) is 8.42. The quantitative estimate of drug-likeness (QED) is 0.543. The summed E-state index contributed by atoms with van der Waals surface area (Å²) in [5, 5.41) is 9.69. The highest BCUT2D eigenvalue weighted by molar-refractivity contribution is 7.16. The predicted molar refractivity (Wildman–Crippen MR) is 108 cm³/mol. The van der Waals surface area contributed by atoms with Gasteiger partial charge in [0.1, 0.15) is 12.7 Å². The maximum absolute atomic E-state index is 12.5. The van der Waals surface area contributed by atoms with E-state index in [1.165, 1.54) is 6.33 Å². The van der Waals surface area contributed by atoms with Gasteiger partial charge in [-0.3, -0.25) is 9.59 Å². The molecular formula is C20H15N5O2S. The average Bonchev–Trinajstić information content (AvgIpc) is 3.42. The molecule has 2 aromatic heterocycles. The van der Waals surface area contributed by atoms with Crippen LogP contribution in [0.15, 0.2) is 79.4 Å². The summed E-state index contributed by atoms with van der Waals surface area (Å²) < 4.78 is 1.63. The van der Waals surface area contributed by atoms with E-state index in [0.29, 0.717) is 21.1 Å². The minimum Gasteiger partial charge on any atom is -0.321 e. The Bertz CT molecular complexity index is 1090. The van der Waals surface area contributed by atoms with Crippen LogP contribution in [0.1, 0.15) is 19.3 Å². The highest BCUT2D eigenvalue weighted by atomic mass is 32.1. The maximum Gasteiger partial charge on any atom is 0.265 e. The van der Waals surface area contributed by atoms with Crippen molar-refractivity contribution in [1.29, 1.82) is 0 Å². The first-order valence-corrected chi connectivity index (χ1v) is 9.23. The van der Waals surface area contributed by atoms with Gasteiger partial charge in [0.05, 0.1) is 15.4 Å². The van der Waals surface area contributed by atoms with Gasteiger partial charge in [-0.2, -0.15) is 5.10 Å². The number of anilines is 2. The van der Waals surface area contributed by atoms with Crippen molar-refractivity contribution in [2.24, 2.45) is 0 Å². The molecule has 2 amide bonds. The third kappa shape index (κ3) is 3.97. The SMILES string of the molecule is O=C(Nc1ccccc1)c1ccc(C(=O)Nc2ccc(-n3cncn3)cc2)s1. The van der Waals surface area contributed by atoms with Gasteiger partial charge in [0.2, 0.25) is 0 Å². The van der Waals surface area contributed by atoms with Crippen LogP contribution in [0.25, 0.3) is 5.69 Å². The van der Waals surface area contributed by atoms with Crippen LogP contribution >= 0.6 is 11.3 Å². The van der Waals surface area contributed by atoms with Crippen LogP contribution in [0.2, 0.25) is 0 Å². The normalized spacial score (nSPS) is 10.4. The Kier molecular flexibility index (Phi) is 4.94. The van der Waals surface area contributed by atoms with E-state index in [1.807, 2.05) is 42.5 Å². The number of thiophene rings is 1. The molecule has 138 valence electrons. The molecule has 7 nitrogen and oxygen atoms in total. The topological polar surface area (TPSA) is 88.9 Å². The van der Waals surface area contributed by atoms with E-state index >= 15 is 0 Å². The molecule has 0 saturated heterocycles. The van der Waals surface area contributed by atoms with Gasteiger partial charge in [0, 0.05) is 11.4 Å². The number of para-hydroxylation sites is 1. The summed E-state index contributed by atoms with van der Waals surface area (Å²) in [6, 6.07) is 19.7. The zero-order valence-electron chi connectivity index (χ0n) is 14.6. The highest BCUT2D eigenvalue weighted by Gasteiger charge is 2.14. The summed E-state index contributed by atoms with van der Waals surface area (Å²) in [7, 11) is 0. The highest BCUT2D eigenvalue weighted by Crippen LogP contribution is 2.20. The number of rotatable bonds is 5. The van der Waals surface area contributed by atoms with Crippen molar-refractivity contribution >= 4 is 34.5 Å². The lowest BCUT2D eigenvalue weighted by molar-refractivity contribution is 0.102. The molecule has 28 heavy (non-hydrogen) atoms. The fraction of sp³-hybridized carbons (Fsp3) is 0. The molecule has 0 aliphatic rings. The second-order valence-electron chi connectivity index (χ2n) is 5.83. The Hall–Kier alpha value is -3.78. The Morgan fingerprint density at radius 2 is 1.39 bits per heavy atom. The van der Waals surface area contributed by atoms with E-state index in [0.717, 1.165) is 17.0 Å². The molecule has 0 atom stereocenters. The largest absolute Gasteiger partial charge is 0.321 e. The van der Waals surface area contributed by atoms with Crippen LogP contribution in [0.3, 0.4) is 0 Å². The first kappa shape index (κ1) is 17.6. The van der Waals surface area contributed by atoms with Crippen molar-refractivity contribution in [2.45, 2.75) is 0 Å². The molecule has 0 radical (unpaired) electrons. The van der Waals surface area contributed by atoms with Gasteiger partial charge in [0.25, 0.3) is 11.8 Å². The lowest BCUT2D eigenvalue weighted by atomic mass is 10.2. The van der Waals surface area contributed by atoms with Crippen molar-refractivity contribution < 1.29 is 9.59 Å². The maximum atomic E-state index is 12.5. The molecule has 0 aliphatic carbocycles. The Morgan fingerprint density at radius 1 is 0.786 bits per heavy atom. The van der Waals surface area contributed by atoms with Gasteiger partial charge in [0.15, 0.2) is 0 Å². The van der Waals surface area contributed by atoms with E-state index in [-0.39, 0.29) is 11.8 Å². The molecule has 0 aliphatic heterocycles. The van der Waals surface area contributed by atoms with Crippen LogP contribution in [-0.2, 0) is 0 Å². The second kappa shape index (κ2) is 7.85. The average molecular weight is 389 g/mol. The van der Waals surface area contributed by atoms with Crippen LogP contribution in [0.5, 0.6) is 0 Å². The molecular weight excluding hydrogens is 374 g/mol. The monoisotopic (exact) mass is 389 g/mol. The Morgan fingerprint density at radius 3 is 1.96 bits per heavy atom. The van der Waals surface area contributed by atoms with Gasteiger partial charge in [-0.05, 0) is 48.5 Å². The van der Waals surface area contributed by atoms with E-state index in [1.54, 1.807) is 35.3 Å². The molecule has 0 unspecified atom stereocenters. The van der Waals surface area contributed by atoms with Crippen molar-refractivity contribution in [3.05, 3.63) is 89.1 Å². The number of nitrogens with zero attached hydrogens (tertiary/aromatic N) is 3. The molecule has 0 saturated carbocycles. The van der Waals surface area contributed by atoms with Crippen LogP contribution in [0.4, 0.5) is 11.4 Å². The predicted octanol–water partition coefficient (Wildman–Crippen LogP) is 3.83. The molecule has 0 fully saturated rings. The van der Waals surface area contributed by atoms with Crippen molar-refractivity contribution in [3.8, 4) is 5.69 Å². The summed E-state index contributed by atoms with van der Waals surface area (Å²) >= 11 is 1.14. The lowest BCUT2D eigenvalue weighted by Gasteiger charge is -2.05. The number of hydrogen-bond donors (Lipinski definition) is 2. The molecule has 0 spiro atoms. The summed E-state index contributed by atoms with van der Waals surface area (Å²) in [4.78, 5) is 29.6. The summed E-state index contributed by atoms with van der Waals surface area (Å²) in [5.74, 6) is -0.510. The molecule has 0 bridgehead atoms. The molecule has 2 heterocycles. The van der Waals surface area contributed by atoms with Gasteiger partial charge >= 0.3 is 0 Å². The molecule has 2 aromatic carbocycles. The van der Waals surface area contributed by atoms with Crippen molar-refractivity contribution in [1.82, 2.24) is 14.8 Å². The van der Waals surface area contributed by atoms with Crippen LogP contribution in [-0.4, -0.2) is 26.6 Å². The van der Waals surface area contributed by atoms with Gasteiger partial charge in [-0.1, -0.05) is 18.2 Å².